The standard InChI is InChI=1S/C14H18N4OS/c1-4-18(5-2)11-6-7-12(13(19)8-11)16-17-14-15-10(3)9-20-14/h6-9,19H,4-5H2,1-3H3/p-1. The summed E-state index contributed by atoms with van der Waals surface area (Å²) >= 11 is 1.41. The molecule has 0 atom stereocenters. The van der Waals surface area contributed by atoms with Crippen molar-refractivity contribution in [1.82, 2.24) is 4.98 Å². The number of benzene rings is 1. The molecule has 20 heavy (non-hydrogen) atoms. The summed E-state index contributed by atoms with van der Waals surface area (Å²) in [6.07, 6.45) is 0. The van der Waals surface area contributed by atoms with Crippen molar-refractivity contribution in [2.24, 2.45) is 10.2 Å². The minimum absolute atomic E-state index is 0.119. The van der Waals surface area contributed by atoms with Crippen LogP contribution in [0.25, 0.3) is 0 Å². The lowest BCUT2D eigenvalue weighted by atomic mass is 10.2. The molecule has 106 valence electrons. The van der Waals surface area contributed by atoms with E-state index >= 15 is 0 Å². The number of azo groups is 1. The Labute approximate surface area is 122 Å². The Morgan fingerprint density at radius 2 is 2.00 bits per heavy atom. The molecule has 0 fully saturated rings. The molecule has 6 heteroatoms. The van der Waals surface area contributed by atoms with Gasteiger partial charge in [-0.1, -0.05) is 5.75 Å². The lowest BCUT2D eigenvalue weighted by molar-refractivity contribution is -0.267. The highest BCUT2D eigenvalue weighted by molar-refractivity contribution is 7.13. The molecule has 1 heterocycles. The molecule has 1 aromatic heterocycles. The van der Waals surface area contributed by atoms with Crippen LogP contribution in [0.15, 0.2) is 33.8 Å². The molecule has 5 nitrogen and oxygen atoms in total. The molecule has 0 saturated carbocycles. The van der Waals surface area contributed by atoms with E-state index in [0.717, 1.165) is 24.5 Å². The first kappa shape index (κ1) is 14.5. The summed E-state index contributed by atoms with van der Waals surface area (Å²) in [5.74, 6) is -0.119. The highest BCUT2D eigenvalue weighted by Crippen LogP contribution is 2.30. The molecule has 0 bridgehead atoms. The fraction of sp³-hybridized carbons (Fsp3) is 0.357. The van der Waals surface area contributed by atoms with E-state index in [1.54, 1.807) is 12.1 Å². The average Bonchev–Trinajstić information content (AvgIpc) is 2.85. The van der Waals surface area contributed by atoms with Crippen LogP contribution in [0.4, 0.5) is 16.5 Å². The molecule has 0 aliphatic rings. The second-order valence-electron chi connectivity index (χ2n) is 4.30. The summed E-state index contributed by atoms with van der Waals surface area (Å²) in [6.45, 7) is 7.76. The third kappa shape index (κ3) is 3.33. The van der Waals surface area contributed by atoms with Gasteiger partial charge >= 0.3 is 0 Å². The van der Waals surface area contributed by atoms with E-state index in [1.807, 2.05) is 18.4 Å². The fourth-order valence-corrected chi connectivity index (χ4v) is 2.47. The molecule has 1 aromatic carbocycles. The van der Waals surface area contributed by atoms with Crippen LogP contribution in [0, 0.1) is 6.92 Å². The number of nitrogens with zero attached hydrogens (tertiary/aromatic N) is 4. The van der Waals surface area contributed by atoms with Gasteiger partial charge in [0, 0.05) is 24.2 Å². The lowest BCUT2D eigenvalue weighted by Gasteiger charge is -2.23. The van der Waals surface area contributed by atoms with Crippen molar-refractivity contribution in [3.63, 3.8) is 0 Å². The van der Waals surface area contributed by atoms with Gasteiger partial charge in [0.1, 0.15) is 0 Å². The SMILES string of the molecule is CCN(CC)c1ccc(N=Nc2nc(C)cs2)c([O-])c1. The van der Waals surface area contributed by atoms with Gasteiger partial charge in [-0.15, -0.1) is 21.6 Å². The van der Waals surface area contributed by atoms with Gasteiger partial charge in [-0.3, -0.25) is 0 Å². The van der Waals surface area contributed by atoms with Gasteiger partial charge in [-0.25, -0.2) is 4.98 Å². The van der Waals surface area contributed by atoms with Gasteiger partial charge in [0.15, 0.2) is 0 Å². The predicted octanol–water partition coefficient (Wildman–Crippen LogP) is 3.79. The van der Waals surface area contributed by atoms with E-state index in [2.05, 4.69) is 34.0 Å². The fourth-order valence-electron chi connectivity index (χ4n) is 1.86. The van der Waals surface area contributed by atoms with Crippen LogP contribution in [0.3, 0.4) is 0 Å². The first-order chi connectivity index (χ1) is 9.63. The number of hydrogen-bond acceptors (Lipinski definition) is 6. The monoisotopic (exact) mass is 289 g/mol. The van der Waals surface area contributed by atoms with Gasteiger partial charge in [-0.05, 0) is 39.0 Å². The van der Waals surface area contributed by atoms with Crippen LogP contribution < -0.4 is 10.0 Å². The highest BCUT2D eigenvalue weighted by Gasteiger charge is 2.03. The largest absolute Gasteiger partial charge is 0.871 e. The second kappa shape index (κ2) is 6.47. The van der Waals surface area contributed by atoms with Gasteiger partial charge < -0.3 is 10.0 Å². The molecule has 2 aromatic rings. The van der Waals surface area contributed by atoms with Crippen LogP contribution in [-0.2, 0) is 0 Å². The minimum atomic E-state index is -0.119. The number of hydrogen-bond donors (Lipinski definition) is 0. The van der Waals surface area contributed by atoms with Crippen molar-refractivity contribution < 1.29 is 5.11 Å². The Kier molecular flexibility index (Phi) is 4.68. The van der Waals surface area contributed by atoms with Crippen LogP contribution in [0.5, 0.6) is 5.75 Å². The number of thiazole rings is 1. The van der Waals surface area contributed by atoms with Gasteiger partial charge in [0.25, 0.3) is 0 Å². The number of aryl methyl sites for hydroxylation is 1. The van der Waals surface area contributed by atoms with Crippen molar-refractivity contribution in [1.29, 1.82) is 0 Å². The van der Waals surface area contributed by atoms with Crippen LogP contribution in [-0.4, -0.2) is 18.1 Å². The van der Waals surface area contributed by atoms with E-state index in [0.29, 0.717) is 10.8 Å². The van der Waals surface area contributed by atoms with E-state index in [1.165, 1.54) is 11.3 Å². The Bertz CT molecular complexity index is 605. The topological polar surface area (TPSA) is 63.9 Å². The molecule has 0 N–H and O–H groups in total. The summed E-state index contributed by atoms with van der Waals surface area (Å²) in [4.78, 5) is 6.29. The molecule has 0 aliphatic heterocycles. The zero-order valence-electron chi connectivity index (χ0n) is 11.8. The summed E-state index contributed by atoms with van der Waals surface area (Å²) in [5.41, 5.74) is 2.17. The van der Waals surface area contributed by atoms with Crippen molar-refractivity contribution in [3.05, 3.63) is 29.3 Å². The maximum absolute atomic E-state index is 12.0. The molecule has 0 aliphatic carbocycles. The molecule has 2 rings (SSSR count). The lowest BCUT2D eigenvalue weighted by Crippen LogP contribution is -2.21. The third-order valence-electron chi connectivity index (χ3n) is 2.92. The van der Waals surface area contributed by atoms with Crippen LogP contribution in [0.2, 0.25) is 0 Å². The maximum atomic E-state index is 12.0. The predicted molar refractivity (Wildman–Crippen MR) is 80.5 cm³/mol. The molecule has 0 spiro atoms. The second-order valence-corrected chi connectivity index (χ2v) is 5.13. The summed E-state index contributed by atoms with van der Waals surface area (Å²) < 4.78 is 0. The minimum Gasteiger partial charge on any atom is -0.871 e. The van der Waals surface area contributed by atoms with Gasteiger partial charge in [-0.2, -0.15) is 0 Å². The smallest absolute Gasteiger partial charge is 0.230 e. The quantitative estimate of drug-likeness (QED) is 0.787. The third-order valence-corrected chi connectivity index (χ3v) is 3.76. The zero-order chi connectivity index (χ0) is 14.5. The maximum Gasteiger partial charge on any atom is 0.230 e. The van der Waals surface area contributed by atoms with Crippen molar-refractivity contribution in [2.75, 3.05) is 18.0 Å². The summed E-state index contributed by atoms with van der Waals surface area (Å²) in [7, 11) is 0. The number of anilines is 1. The normalized spacial score (nSPS) is 11.2. The van der Waals surface area contributed by atoms with E-state index in [4.69, 9.17) is 0 Å². The zero-order valence-corrected chi connectivity index (χ0v) is 12.6. The Hall–Kier alpha value is -1.95. The average molecular weight is 289 g/mol. The van der Waals surface area contributed by atoms with E-state index in [9.17, 15) is 5.11 Å². The van der Waals surface area contributed by atoms with Crippen molar-refractivity contribution in [2.45, 2.75) is 20.8 Å². The Balaban J connectivity index is 2.19. The molecule has 0 saturated heterocycles. The Morgan fingerprint density at radius 1 is 1.25 bits per heavy atom. The Morgan fingerprint density at radius 3 is 2.55 bits per heavy atom. The molecule has 0 unspecified atom stereocenters. The number of rotatable bonds is 5. The molecule has 0 radical (unpaired) electrons. The van der Waals surface area contributed by atoms with Gasteiger partial charge in [0.2, 0.25) is 5.13 Å². The van der Waals surface area contributed by atoms with Crippen molar-refractivity contribution in [3.8, 4) is 5.75 Å². The first-order valence-corrected chi connectivity index (χ1v) is 7.42. The van der Waals surface area contributed by atoms with Crippen LogP contribution in [0.1, 0.15) is 19.5 Å². The van der Waals surface area contributed by atoms with Gasteiger partial charge in [0.05, 0.1) is 11.4 Å². The van der Waals surface area contributed by atoms with Crippen molar-refractivity contribution >= 4 is 27.8 Å². The number of aromatic nitrogens is 1. The van der Waals surface area contributed by atoms with E-state index in [-0.39, 0.29) is 5.75 Å². The van der Waals surface area contributed by atoms with E-state index < -0.39 is 0 Å². The molecular formula is C14H17N4OS-. The summed E-state index contributed by atoms with van der Waals surface area (Å²) in [6, 6.07) is 5.21. The molecule has 0 amide bonds. The summed E-state index contributed by atoms with van der Waals surface area (Å²) in [5, 5.41) is 22.4. The highest BCUT2D eigenvalue weighted by atomic mass is 32.1. The molecular weight excluding hydrogens is 272 g/mol. The van der Waals surface area contributed by atoms with Crippen LogP contribution >= 0.6 is 11.3 Å². The first-order valence-electron chi connectivity index (χ1n) is 6.54.